The van der Waals surface area contributed by atoms with E-state index in [4.69, 9.17) is 9.47 Å². The van der Waals surface area contributed by atoms with Gasteiger partial charge >= 0.3 is 0 Å². The first-order valence-corrected chi connectivity index (χ1v) is 8.88. The van der Waals surface area contributed by atoms with E-state index in [0.717, 1.165) is 11.1 Å². The molecule has 0 fully saturated rings. The lowest BCUT2D eigenvalue weighted by Gasteiger charge is -2.22. The minimum atomic E-state index is -0.646. The Labute approximate surface area is 159 Å². The van der Waals surface area contributed by atoms with Gasteiger partial charge in [0, 0.05) is 6.07 Å². The molecule has 4 nitrogen and oxygen atoms in total. The van der Waals surface area contributed by atoms with E-state index in [2.05, 4.69) is 5.32 Å². The Morgan fingerprint density at radius 1 is 0.815 bits per heavy atom. The number of hydrogen-bond donors (Lipinski definition) is 1. The minimum absolute atomic E-state index is 0.185. The van der Waals surface area contributed by atoms with Crippen LogP contribution < -0.4 is 14.8 Å². The van der Waals surface area contributed by atoms with E-state index in [-0.39, 0.29) is 11.9 Å². The summed E-state index contributed by atoms with van der Waals surface area (Å²) in [5.41, 5.74) is 2.04. The standard InChI is InChI=1S/C23H23NO3/c1-17(27-21-15-9-14-20(16-21)26-2)23(25)24-22(18-10-5-3-6-11-18)19-12-7-4-8-13-19/h3-17,22H,1-2H3,(H,24,25)/t17-/m0/s1. The number of carbonyl (C=O) groups excluding carboxylic acids is 1. The molecule has 0 unspecified atom stereocenters. The average molecular weight is 361 g/mol. The van der Waals surface area contributed by atoms with Gasteiger partial charge in [0.05, 0.1) is 13.2 Å². The number of ether oxygens (including phenoxy) is 2. The van der Waals surface area contributed by atoms with E-state index >= 15 is 0 Å². The smallest absolute Gasteiger partial charge is 0.261 e. The first-order valence-electron chi connectivity index (χ1n) is 8.88. The molecule has 1 N–H and O–H groups in total. The Kier molecular flexibility index (Phi) is 6.10. The molecule has 1 atom stereocenters. The van der Waals surface area contributed by atoms with E-state index in [9.17, 15) is 4.79 Å². The summed E-state index contributed by atoms with van der Waals surface area (Å²) in [6.07, 6.45) is -0.646. The molecule has 0 radical (unpaired) electrons. The maximum atomic E-state index is 12.8. The number of carbonyl (C=O) groups is 1. The quantitative estimate of drug-likeness (QED) is 0.680. The maximum absolute atomic E-state index is 12.8. The summed E-state index contributed by atoms with van der Waals surface area (Å²) < 4.78 is 11.0. The summed E-state index contributed by atoms with van der Waals surface area (Å²) in [5.74, 6) is 1.09. The van der Waals surface area contributed by atoms with Crippen molar-refractivity contribution in [2.75, 3.05) is 7.11 Å². The third kappa shape index (κ3) is 4.88. The van der Waals surface area contributed by atoms with Crippen LogP contribution >= 0.6 is 0 Å². The number of benzene rings is 3. The summed E-state index contributed by atoms with van der Waals surface area (Å²) in [6.45, 7) is 1.74. The predicted molar refractivity (Wildman–Crippen MR) is 106 cm³/mol. The van der Waals surface area contributed by atoms with Crippen LogP contribution in [-0.4, -0.2) is 19.1 Å². The van der Waals surface area contributed by atoms with Gasteiger partial charge in [-0.2, -0.15) is 0 Å². The largest absolute Gasteiger partial charge is 0.497 e. The van der Waals surface area contributed by atoms with Crippen LogP contribution in [-0.2, 0) is 4.79 Å². The molecule has 0 aromatic heterocycles. The topological polar surface area (TPSA) is 47.6 Å². The first-order chi connectivity index (χ1) is 13.2. The lowest BCUT2D eigenvalue weighted by Crippen LogP contribution is -2.39. The molecule has 0 bridgehead atoms. The number of rotatable bonds is 7. The molecule has 0 aliphatic heterocycles. The Hall–Kier alpha value is -3.27. The highest BCUT2D eigenvalue weighted by Gasteiger charge is 2.21. The molecule has 138 valence electrons. The summed E-state index contributed by atoms with van der Waals surface area (Å²) in [7, 11) is 1.60. The fourth-order valence-corrected chi connectivity index (χ4v) is 2.84. The zero-order chi connectivity index (χ0) is 19.1. The van der Waals surface area contributed by atoms with E-state index < -0.39 is 6.10 Å². The highest BCUT2D eigenvalue weighted by atomic mass is 16.5. The second-order valence-corrected chi connectivity index (χ2v) is 6.20. The fourth-order valence-electron chi connectivity index (χ4n) is 2.84. The molecule has 0 aliphatic rings. The number of hydrogen-bond acceptors (Lipinski definition) is 3. The third-order valence-corrected chi connectivity index (χ3v) is 4.28. The molecule has 0 aliphatic carbocycles. The van der Waals surface area contributed by atoms with Crippen LogP contribution in [0.15, 0.2) is 84.9 Å². The lowest BCUT2D eigenvalue weighted by molar-refractivity contribution is -0.127. The Balaban J connectivity index is 1.76. The van der Waals surface area contributed by atoms with E-state index in [1.165, 1.54) is 0 Å². The number of amides is 1. The van der Waals surface area contributed by atoms with Gasteiger partial charge in [0.1, 0.15) is 11.5 Å². The molecule has 4 heteroatoms. The zero-order valence-corrected chi connectivity index (χ0v) is 15.5. The van der Waals surface area contributed by atoms with Gasteiger partial charge in [-0.3, -0.25) is 4.79 Å². The maximum Gasteiger partial charge on any atom is 0.261 e. The first kappa shape index (κ1) is 18.5. The van der Waals surface area contributed by atoms with E-state index in [1.54, 1.807) is 26.2 Å². The van der Waals surface area contributed by atoms with Crippen LogP contribution in [0, 0.1) is 0 Å². The SMILES string of the molecule is COc1cccc(O[C@@H](C)C(=O)NC(c2ccccc2)c2ccccc2)c1. The van der Waals surface area contributed by atoms with Crippen molar-refractivity contribution in [3.63, 3.8) is 0 Å². The summed E-state index contributed by atoms with van der Waals surface area (Å²) in [6, 6.07) is 26.8. The van der Waals surface area contributed by atoms with Crippen molar-refractivity contribution in [1.82, 2.24) is 5.32 Å². The van der Waals surface area contributed by atoms with Gasteiger partial charge in [-0.15, -0.1) is 0 Å². The van der Waals surface area contributed by atoms with Gasteiger partial charge in [0.15, 0.2) is 6.10 Å². The van der Waals surface area contributed by atoms with Crippen LogP contribution in [0.2, 0.25) is 0 Å². The highest BCUT2D eigenvalue weighted by Crippen LogP contribution is 2.23. The zero-order valence-electron chi connectivity index (χ0n) is 15.5. The molecule has 1 amide bonds. The Bertz CT molecular complexity index is 826. The van der Waals surface area contributed by atoms with Crippen molar-refractivity contribution in [2.24, 2.45) is 0 Å². The molecular formula is C23H23NO3. The number of methoxy groups -OCH3 is 1. The van der Waals surface area contributed by atoms with Crippen molar-refractivity contribution < 1.29 is 14.3 Å². The predicted octanol–water partition coefficient (Wildman–Crippen LogP) is 4.37. The van der Waals surface area contributed by atoms with Crippen molar-refractivity contribution in [1.29, 1.82) is 0 Å². The van der Waals surface area contributed by atoms with E-state index in [0.29, 0.717) is 11.5 Å². The summed E-state index contributed by atoms with van der Waals surface area (Å²) in [4.78, 5) is 12.8. The summed E-state index contributed by atoms with van der Waals surface area (Å²) in [5, 5.41) is 3.10. The van der Waals surface area contributed by atoms with Crippen molar-refractivity contribution in [2.45, 2.75) is 19.1 Å². The second-order valence-electron chi connectivity index (χ2n) is 6.20. The van der Waals surface area contributed by atoms with Crippen LogP contribution in [0.5, 0.6) is 11.5 Å². The van der Waals surface area contributed by atoms with Crippen molar-refractivity contribution in [3.8, 4) is 11.5 Å². The molecule has 0 spiro atoms. The average Bonchev–Trinajstić information content (AvgIpc) is 2.73. The Morgan fingerprint density at radius 2 is 1.37 bits per heavy atom. The second kappa shape index (κ2) is 8.90. The van der Waals surface area contributed by atoms with Gasteiger partial charge in [-0.1, -0.05) is 66.7 Å². The van der Waals surface area contributed by atoms with Crippen LogP contribution in [0.1, 0.15) is 24.1 Å². The van der Waals surface area contributed by atoms with Crippen LogP contribution in [0.25, 0.3) is 0 Å². The summed E-state index contributed by atoms with van der Waals surface area (Å²) >= 11 is 0. The molecular weight excluding hydrogens is 338 g/mol. The molecule has 3 rings (SSSR count). The van der Waals surface area contributed by atoms with Crippen LogP contribution in [0.4, 0.5) is 0 Å². The lowest BCUT2D eigenvalue weighted by atomic mass is 9.98. The third-order valence-electron chi connectivity index (χ3n) is 4.28. The highest BCUT2D eigenvalue weighted by molar-refractivity contribution is 5.81. The molecule has 3 aromatic carbocycles. The van der Waals surface area contributed by atoms with Crippen LogP contribution in [0.3, 0.4) is 0 Å². The molecule has 0 saturated carbocycles. The van der Waals surface area contributed by atoms with E-state index in [1.807, 2.05) is 72.8 Å². The van der Waals surface area contributed by atoms with Gasteiger partial charge in [-0.25, -0.2) is 0 Å². The van der Waals surface area contributed by atoms with Gasteiger partial charge in [0.2, 0.25) is 0 Å². The molecule has 27 heavy (non-hydrogen) atoms. The molecule has 3 aromatic rings. The van der Waals surface area contributed by atoms with Crippen molar-refractivity contribution in [3.05, 3.63) is 96.1 Å². The fraction of sp³-hybridized carbons (Fsp3) is 0.174. The monoisotopic (exact) mass is 361 g/mol. The molecule has 0 heterocycles. The number of nitrogens with one attached hydrogen (secondary N) is 1. The van der Waals surface area contributed by atoms with Gasteiger partial charge < -0.3 is 14.8 Å². The Morgan fingerprint density at radius 3 is 1.93 bits per heavy atom. The normalized spacial score (nSPS) is 11.7. The van der Waals surface area contributed by atoms with Crippen molar-refractivity contribution >= 4 is 5.91 Å². The van der Waals surface area contributed by atoms with Gasteiger partial charge in [-0.05, 0) is 30.2 Å². The minimum Gasteiger partial charge on any atom is -0.497 e. The van der Waals surface area contributed by atoms with Gasteiger partial charge in [0.25, 0.3) is 5.91 Å². The molecule has 0 saturated heterocycles.